The maximum Gasteiger partial charge on any atom is 0.414 e. The Bertz CT molecular complexity index is 726. The fourth-order valence-electron chi connectivity index (χ4n) is 2.14. The second-order valence-corrected chi connectivity index (χ2v) is 6.57. The first-order chi connectivity index (χ1) is 10.2. The predicted molar refractivity (Wildman–Crippen MR) is 93.3 cm³/mol. The molecule has 0 spiro atoms. The van der Waals surface area contributed by atoms with Crippen molar-refractivity contribution in [3.05, 3.63) is 48.5 Å². The Balaban J connectivity index is 2.31. The third kappa shape index (κ3) is 3.67. The number of nitrogens with zero attached hydrogens (tertiary/aromatic N) is 1. The molecule has 0 aliphatic carbocycles. The van der Waals surface area contributed by atoms with E-state index in [1.807, 2.05) is 58.0 Å². The van der Waals surface area contributed by atoms with Gasteiger partial charge in [0, 0.05) is 12.7 Å². The van der Waals surface area contributed by atoms with Crippen molar-refractivity contribution >= 4 is 28.1 Å². The molecule has 0 N–H and O–H groups in total. The van der Waals surface area contributed by atoms with Crippen LogP contribution in [-0.2, 0) is 4.74 Å². The van der Waals surface area contributed by atoms with Crippen molar-refractivity contribution in [2.24, 2.45) is 0 Å². The third-order valence-corrected chi connectivity index (χ3v) is 3.37. The first-order valence-corrected chi connectivity index (χ1v) is 7.34. The topological polar surface area (TPSA) is 29.5 Å². The molecule has 3 heteroatoms. The third-order valence-electron chi connectivity index (χ3n) is 3.37. The lowest BCUT2D eigenvalue weighted by molar-refractivity contribution is 0.0589. The van der Waals surface area contributed by atoms with Gasteiger partial charge in [-0.25, -0.2) is 4.79 Å². The normalized spacial score (nSPS) is 11.3. The largest absolute Gasteiger partial charge is 0.443 e. The number of benzene rings is 2. The van der Waals surface area contributed by atoms with E-state index in [1.165, 1.54) is 4.90 Å². The van der Waals surface area contributed by atoms with Gasteiger partial charge in [0.25, 0.3) is 0 Å². The molecular formula is C19H23NO2. The Morgan fingerprint density at radius 3 is 2.27 bits per heavy atom. The number of hydrogen-bond acceptors (Lipinski definition) is 2. The molecule has 0 atom stereocenters. The number of hydrogen-bond donors (Lipinski definition) is 0. The highest BCUT2D eigenvalue weighted by Gasteiger charge is 2.20. The zero-order valence-corrected chi connectivity index (χ0v) is 13.9. The number of amides is 1. The lowest BCUT2D eigenvalue weighted by atomic mass is 10.0. The van der Waals surface area contributed by atoms with Crippen LogP contribution in [0.4, 0.5) is 10.5 Å². The first kappa shape index (κ1) is 16.1. The van der Waals surface area contributed by atoms with Crippen molar-refractivity contribution in [1.82, 2.24) is 0 Å². The van der Waals surface area contributed by atoms with Crippen molar-refractivity contribution in [1.29, 1.82) is 0 Å². The Kier molecular flexibility index (Phi) is 4.27. The van der Waals surface area contributed by atoms with Crippen LogP contribution in [0.5, 0.6) is 0 Å². The highest BCUT2D eigenvalue weighted by atomic mass is 16.6. The van der Waals surface area contributed by atoms with Crippen molar-refractivity contribution < 1.29 is 9.53 Å². The Morgan fingerprint density at radius 1 is 1.09 bits per heavy atom. The van der Waals surface area contributed by atoms with Crippen LogP contribution in [0.25, 0.3) is 16.3 Å². The molecule has 0 saturated heterocycles. The van der Waals surface area contributed by atoms with Gasteiger partial charge in [0.15, 0.2) is 0 Å². The molecule has 0 aliphatic rings. The van der Waals surface area contributed by atoms with Crippen molar-refractivity contribution in [3.63, 3.8) is 0 Å². The summed E-state index contributed by atoms with van der Waals surface area (Å²) in [6, 6.07) is 12.1. The minimum absolute atomic E-state index is 0.356. The van der Waals surface area contributed by atoms with E-state index in [2.05, 4.69) is 12.6 Å². The first-order valence-electron chi connectivity index (χ1n) is 7.34. The highest BCUT2D eigenvalue weighted by molar-refractivity contribution is 5.93. The number of ether oxygens (including phenoxy) is 1. The van der Waals surface area contributed by atoms with Crippen LogP contribution in [0.2, 0.25) is 0 Å². The van der Waals surface area contributed by atoms with Gasteiger partial charge >= 0.3 is 6.09 Å². The molecular weight excluding hydrogens is 274 g/mol. The van der Waals surface area contributed by atoms with Crippen LogP contribution >= 0.6 is 0 Å². The molecule has 1 amide bonds. The zero-order chi connectivity index (χ0) is 16.5. The summed E-state index contributed by atoms with van der Waals surface area (Å²) in [6.45, 7) is 11.5. The second kappa shape index (κ2) is 5.84. The number of carbonyl (C=O) groups excluding carboxylic acids is 1. The molecule has 3 nitrogen and oxygen atoms in total. The molecule has 2 aromatic carbocycles. The van der Waals surface area contributed by atoms with E-state index >= 15 is 0 Å². The van der Waals surface area contributed by atoms with Gasteiger partial charge in [-0.1, -0.05) is 30.4 Å². The molecule has 0 fully saturated rings. The Hall–Kier alpha value is -2.29. The summed E-state index contributed by atoms with van der Waals surface area (Å²) in [5.74, 6) is 0. The van der Waals surface area contributed by atoms with Gasteiger partial charge in [0.2, 0.25) is 0 Å². The molecule has 0 bridgehead atoms. The monoisotopic (exact) mass is 297 g/mol. The number of allylic oxidation sites excluding steroid dienone is 1. The summed E-state index contributed by atoms with van der Waals surface area (Å²) < 4.78 is 5.39. The fourth-order valence-corrected chi connectivity index (χ4v) is 2.14. The molecule has 0 aliphatic heterocycles. The number of rotatable bonds is 2. The van der Waals surface area contributed by atoms with Gasteiger partial charge in [-0.05, 0) is 62.2 Å². The van der Waals surface area contributed by atoms with Gasteiger partial charge in [-0.3, -0.25) is 4.90 Å². The van der Waals surface area contributed by atoms with E-state index in [4.69, 9.17) is 4.74 Å². The summed E-state index contributed by atoms with van der Waals surface area (Å²) in [5.41, 5.74) is 2.47. The van der Waals surface area contributed by atoms with Gasteiger partial charge < -0.3 is 4.74 Å². The van der Waals surface area contributed by atoms with Gasteiger partial charge in [0.1, 0.15) is 5.60 Å². The van der Waals surface area contributed by atoms with E-state index in [-0.39, 0.29) is 6.09 Å². The van der Waals surface area contributed by atoms with E-state index in [9.17, 15) is 4.79 Å². The minimum atomic E-state index is -0.501. The summed E-state index contributed by atoms with van der Waals surface area (Å²) >= 11 is 0. The maximum atomic E-state index is 12.1. The lowest BCUT2D eigenvalue weighted by Crippen LogP contribution is -2.34. The maximum absolute atomic E-state index is 12.1. The molecule has 22 heavy (non-hydrogen) atoms. The average Bonchev–Trinajstić information content (AvgIpc) is 2.43. The molecule has 0 radical (unpaired) electrons. The second-order valence-electron chi connectivity index (χ2n) is 6.57. The molecule has 116 valence electrons. The zero-order valence-electron chi connectivity index (χ0n) is 13.9. The molecule has 2 aromatic rings. The van der Waals surface area contributed by atoms with Crippen LogP contribution in [-0.4, -0.2) is 18.7 Å². The molecule has 0 unspecified atom stereocenters. The van der Waals surface area contributed by atoms with E-state index in [0.717, 1.165) is 27.6 Å². The average molecular weight is 297 g/mol. The Morgan fingerprint density at radius 2 is 1.68 bits per heavy atom. The molecule has 0 saturated carbocycles. The quantitative estimate of drug-likeness (QED) is 0.758. The van der Waals surface area contributed by atoms with Gasteiger partial charge in [0.05, 0.1) is 0 Å². The van der Waals surface area contributed by atoms with Crippen molar-refractivity contribution in [3.8, 4) is 0 Å². The number of carbonyl (C=O) groups is 1. The summed E-state index contributed by atoms with van der Waals surface area (Å²) in [4.78, 5) is 13.7. The van der Waals surface area contributed by atoms with Crippen LogP contribution in [0, 0.1) is 0 Å². The number of anilines is 1. The van der Waals surface area contributed by atoms with Crippen LogP contribution in [0.3, 0.4) is 0 Å². The summed E-state index contributed by atoms with van der Waals surface area (Å²) in [6.07, 6.45) is -0.356. The standard InChI is InChI=1S/C19H23NO2/c1-13(2)14-7-8-16-12-17(10-9-15(16)11-14)20(6)18(21)22-19(3,4)5/h7-12H,1H2,2-6H3. The van der Waals surface area contributed by atoms with Crippen LogP contribution in [0.1, 0.15) is 33.3 Å². The lowest BCUT2D eigenvalue weighted by Gasteiger charge is -2.24. The smallest absolute Gasteiger partial charge is 0.414 e. The molecule has 2 rings (SSSR count). The van der Waals surface area contributed by atoms with Crippen LogP contribution in [0.15, 0.2) is 43.0 Å². The predicted octanol–water partition coefficient (Wildman–Crippen LogP) is 5.24. The molecule has 0 heterocycles. The Labute approximate surface area is 132 Å². The number of fused-ring (bicyclic) bond motifs is 1. The van der Waals surface area contributed by atoms with Gasteiger partial charge in [-0.2, -0.15) is 0 Å². The van der Waals surface area contributed by atoms with E-state index in [1.54, 1.807) is 7.05 Å². The van der Waals surface area contributed by atoms with Crippen LogP contribution < -0.4 is 4.90 Å². The van der Waals surface area contributed by atoms with Gasteiger partial charge in [-0.15, -0.1) is 0 Å². The summed E-state index contributed by atoms with van der Waals surface area (Å²) in [7, 11) is 1.72. The summed E-state index contributed by atoms with van der Waals surface area (Å²) in [5, 5.41) is 2.21. The fraction of sp³-hybridized carbons (Fsp3) is 0.316. The van der Waals surface area contributed by atoms with Crippen molar-refractivity contribution in [2.75, 3.05) is 11.9 Å². The van der Waals surface area contributed by atoms with Crippen molar-refractivity contribution in [2.45, 2.75) is 33.3 Å². The SMILES string of the molecule is C=C(C)c1ccc2cc(N(C)C(=O)OC(C)(C)C)ccc2c1. The molecule has 0 aromatic heterocycles. The highest BCUT2D eigenvalue weighted by Crippen LogP contribution is 2.25. The minimum Gasteiger partial charge on any atom is -0.443 e. The van der Waals surface area contributed by atoms with E-state index < -0.39 is 5.60 Å². The van der Waals surface area contributed by atoms with E-state index in [0.29, 0.717) is 0 Å².